The first-order valence-corrected chi connectivity index (χ1v) is 8.01. The second-order valence-corrected chi connectivity index (χ2v) is 5.89. The van der Waals surface area contributed by atoms with Gasteiger partial charge >= 0.3 is 0 Å². The van der Waals surface area contributed by atoms with Gasteiger partial charge in [-0.3, -0.25) is 0 Å². The molecule has 0 atom stereocenters. The lowest BCUT2D eigenvalue weighted by Crippen LogP contribution is -1.88. The summed E-state index contributed by atoms with van der Waals surface area (Å²) in [6.45, 7) is 0. The largest absolute Gasteiger partial charge is 0.0622 e. The van der Waals surface area contributed by atoms with Gasteiger partial charge in [0.05, 0.1) is 0 Å². The molecule has 0 saturated heterocycles. The molecule has 0 aliphatic heterocycles. The van der Waals surface area contributed by atoms with Gasteiger partial charge in [0.15, 0.2) is 0 Å². The molecular formula is C23H18. The topological polar surface area (TPSA) is 0 Å². The minimum absolute atomic E-state index is 0.983. The minimum atomic E-state index is 0.983. The lowest BCUT2D eigenvalue weighted by molar-refractivity contribution is 1.19. The summed E-state index contributed by atoms with van der Waals surface area (Å²) in [7, 11) is 0. The van der Waals surface area contributed by atoms with Crippen molar-refractivity contribution in [3.8, 4) is 11.1 Å². The molecule has 0 saturated carbocycles. The molecule has 0 N–H and O–H groups in total. The predicted octanol–water partition coefficient (Wildman–Crippen LogP) is 6.10. The van der Waals surface area contributed by atoms with Gasteiger partial charge in [0, 0.05) is 0 Å². The number of hydrogen-bond donors (Lipinski definition) is 0. The monoisotopic (exact) mass is 294 g/mol. The average molecular weight is 294 g/mol. The molecule has 23 heavy (non-hydrogen) atoms. The lowest BCUT2D eigenvalue weighted by atomic mass is 9.96. The molecule has 0 aromatic heterocycles. The summed E-state index contributed by atoms with van der Waals surface area (Å²) < 4.78 is 0. The molecule has 0 heterocycles. The fourth-order valence-corrected chi connectivity index (χ4v) is 3.11. The highest BCUT2D eigenvalue weighted by Gasteiger charge is 2.03. The van der Waals surface area contributed by atoms with E-state index in [-0.39, 0.29) is 0 Å². The highest BCUT2D eigenvalue weighted by Crippen LogP contribution is 2.28. The van der Waals surface area contributed by atoms with Crippen LogP contribution in [-0.2, 0) is 6.42 Å². The maximum atomic E-state index is 2.24. The maximum absolute atomic E-state index is 2.24. The molecule has 0 aliphatic rings. The molecule has 4 aromatic carbocycles. The summed E-state index contributed by atoms with van der Waals surface area (Å²) in [6.07, 6.45) is 0.983. The van der Waals surface area contributed by atoms with E-state index in [1.165, 1.54) is 33.0 Å². The van der Waals surface area contributed by atoms with Crippen LogP contribution in [-0.4, -0.2) is 0 Å². The molecule has 0 spiro atoms. The number of hydrogen-bond acceptors (Lipinski definition) is 0. The summed E-state index contributed by atoms with van der Waals surface area (Å²) in [5.74, 6) is 0. The Balaban J connectivity index is 1.68. The van der Waals surface area contributed by atoms with E-state index < -0.39 is 0 Å². The van der Waals surface area contributed by atoms with Gasteiger partial charge in [-0.15, -0.1) is 0 Å². The maximum Gasteiger partial charge on any atom is -0.00258 e. The Bertz CT molecular complexity index is 913. The van der Waals surface area contributed by atoms with E-state index in [1.807, 2.05) is 0 Å². The molecule has 0 nitrogen and oxygen atoms in total. The van der Waals surface area contributed by atoms with Crippen LogP contribution in [0.3, 0.4) is 0 Å². The van der Waals surface area contributed by atoms with Crippen molar-refractivity contribution in [3.05, 3.63) is 108 Å². The zero-order valence-electron chi connectivity index (χ0n) is 12.9. The van der Waals surface area contributed by atoms with E-state index in [9.17, 15) is 0 Å². The Morgan fingerprint density at radius 1 is 0.478 bits per heavy atom. The SMILES string of the molecule is c1ccc(Cc2ccc(-c3cccc4ccccc34)cc2)cc1. The van der Waals surface area contributed by atoms with Crippen LogP contribution >= 0.6 is 0 Å². The summed E-state index contributed by atoms with van der Waals surface area (Å²) in [4.78, 5) is 0. The summed E-state index contributed by atoms with van der Waals surface area (Å²) >= 11 is 0. The molecule has 0 radical (unpaired) electrons. The predicted molar refractivity (Wildman–Crippen MR) is 98.6 cm³/mol. The number of fused-ring (bicyclic) bond motifs is 1. The van der Waals surface area contributed by atoms with Gasteiger partial charge in [0.25, 0.3) is 0 Å². The third kappa shape index (κ3) is 2.89. The number of benzene rings is 4. The highest BCUT2D eigenvalue weighted by atomic mass is 14.1. The fraction of sp³-hybridized carbons (Fsp3) is 0.0435. The Morgan fingerprint density at radius 3 is 1.96 bits per heavy atom. The van der Waals surface area contributed by atoms with E-state index in [0.29, 0.717) is 0 Å². The Morgan fingerprint density at radius 2 is 1.13 bits per heavy atom. The molecule has 0 aliphatic carbocycles. The summed E-state index contributed by atoms with van der Waals surface area (Å²) in [5, 5.41) is 2.60. The fourth-order valence-electron chi connectivity index (χ4n) is 3.11. The van der Waals surface area contributed by atoms with Crippen molar-refractivity contribution in [1.29, 1.82) is 0 Å². The second kappa shape index (κ2) is 6.10. The molecule has 0 bridgehead atoms. The quantitative estimate of drug-likeness (QED) is 0.428. The van der Waals surface area contributed by atoms with E-state index in [1.54, 1.807) is 0 Å². The van der Waals surface area contributed by atoms with Crippen LogP contribution in [0.15, 0.2) is 97.1 Å². The van der Waals surface area contributed by atoms with Crippen molar-refractivity contribution >= 4 is 10.8 Å². The van der Waals surface area contributed by atoms with Gasteiger partial charge < -0.3 is 0 Å². The summed E-state index contributed by atoms with van der Waals surface area (Å²) in [5.41, 5.74) is 5.28. The number of rotatable bonds is 3. The molecule has 4 aromatic rings. The Labute approximate surface area is 137 Å². The van der Waals surface area contributed by atoms with Crippen LogP contribution in [0.5, 0.6) is 0 Å². The van der Waals surface area contributed by atoms with Gasteiger partial charge in [-0.25, -0.2) is 0 Å². The van der Waals surface area contributed by atoms with Gasteiger partial charge in [0.1, 0.15) is 0 Å². The van der Waals surface area contributed by atoms with Crippen molar-refractivity contribution in [3.63, 3.8) is 0 Å². The van der Waals surface area contributed by atoms with Crippen molar-refractivity contribution < 1.29 is 0 Å². The molecule has 4 rings (SSSR count). The van der Waals surface area contributed by atoms with Crippen molar-refractivity contribution in [1.82, 2.24) is 0 Å². The zero-order valence-corrected chi connectivity index (χ0v) is 12.9. The molecule has 0 amide bonds. The van der Waals surface area contributed by atoms with Gasteiger partial charge in [-0.05, 0) is 39.4 Å². The normalized spacial score (nSPS) is 10.8. The molecule has 0 fully saturated rings. The highest BCUT2D eigenvalue weighted by molar-refractivity contribution is 5.96. The van der Waals surface area contributed by atoms with E-state index in [4.69, 9.17) is 0 Å². The van der Waals surface area contributed by atoms with Crippen LogP contribution in [0, 0.1) is 0 Å². The van der Waals surface area contributed by atoms with E-state index in [2.05, 4.69) is 97.1 Å². The van der Waals surface area contributed by atoms with E-state index >= 15 is 0 Å². The van der Waals surface area contributed by atoms with Crippen LogP contribution < -0.4 is 0 Å². The standard InChI is InChI=1S/C23H18/c1-2-7-18(8-3-1)17-19-13-15-21(16-14-19)23-12-6-10-20-9-4-5-11-22(20)23/h1-16H,17H2. The van der Waals surface area contributed by atoms with Crippen molar-refractivity contribution in [2.45, 2.75) is 6.42 Å². The zero-order chi connectivity index (χ0) is 15.5. The molecule has 0 unspecified atom stereocenters. The van der Waals surface area contributed by atoms with Crippen LogP contribution in [0.1, 0.15) is 11.1 Å². The van der Waals surface area contributed by atoms with Gasteiger partial charge in [0.2, 0.25) is 0 Å². The first-order valence-electron chi connectivity index (χ1n) is 8.01. The Hall–Kier alpha value is -2.86. The van der Waals surface area contributed by atoms with Crippen LogP contribution in [0.25, 0.3) is 21.9 Å². The molecule has 0 heteroatoms. The second-order valence-electron chi connectivity index (χ2n) is 5.89. The average Bonchev–Trinajstić information content (AvgIpc) is 2.63. The smallest absolute Gasteiger partial charge is 0.00258 e. The third-order valence-electron chi connectivity index (χ3n) is 4.31. The van der Waals surface area contributed by atoms with Crippen LogP contribution in [0.4, 0.5) is 0 Å². The molecular weight excluding hydrogens is 276 g/mol. The summed E-state index contributed by atoms with van der Waals surface area (Å²) in [6, 6.07) is 34.6. The van der Waals surface area contributed by atoms with Gasteiger partial charge in [-0.1, -0.05) is 97.1 Å². The third-order valence-corrected chi connectivity index (χ3v) is 4.31. The van der Waals surface area contributed by atoms with Crippen molar-refractivity contribution in [2.75, 3.05) is 0 Å². The Kier molecular flexibility index (Phi) is 3.65. The minimum Gasteiger partial charge on any atom is -0.0622 e. The first kappa shape index (κ1) is 13.8. The van der Waals surface area contributed by atoms with Crippen molar-refractivity contribution in [2.24, 2.45) is 0 Å². The van der Waals surface area contributed by atoms with Crippen LogP contribution in [0.2, 0.25) is 0 Å². The van der Waals surface area contributed by atoms with Gasteiger partial charge in [-0.2, -0.15) is 0 Å². The first-order chi connectivity index (χ1) is 11.4. The lowest BCUT2D eigenvalue weighted by Gasteiger charge is -2.08. The molecule has 110 valence electrons. The van der Waals surface area contributed by atoms with E-state index in [0.717, 1.165) is 6.42 Å².